The highest BCUT2D eigenvalue weighted by Gasteiger charge is 2.49. The van der Waals surface area contributed by atoms with Gasteiger partial charge in [0.15, 0.2) is 9.84 Å². The van der Waals surface area contributed by atoms with Crippen molar-refractivity contribution in [3.63, 3.8) is 0 Å². The molecule has 1 aromatic heterocycles. The van der Waals surface area contributed by atoms with Gasteiger partial charge in [-0.05, 0) is 94.3 Å². The Morgan fingerprint density at radius 3 is 2.17 bits per heavy atom. The number of halogens is 4. The van der Waals surface area contributed by atoms with Gasteiger partial charge in [-0.3, -0.25) is 0 Å². The second-order valence-corrected chi connectivity index (χ2v) is 14.4. The predicted octanol–water partition coefficient (Wildman–Crippen LogP) is 7.18. The molecule has 2 heterocycles. The highest BCUT2D eigenvalue weighted by Crippen LogP contribution is 2.48. The van der Waals surface area contributed by atoms with E-state index in [0.717, 1.165) is 72.7 Å². The molecule has 0 radical (unpaired) electrons. The number of likely N-dealkylation sites (tertiary alicyclic amines) is 1. The molecule has 0 unspecified atom stereocenters. The summed E-state index contributed by atoms with van der Waals surface area (Å²) in [7, 11) is -3.97. The summed E-state index contributed by atoms with van der Waals surface area (Å²) in [6, 6.07) is 14.0. The maximum absolute atomic E-state index is 14.2. The van der Waals surface area contributed by atoms with Crippen molar-refractivity contribution in [2.24, 2.45) is 0 Å². The number of aryl methyl sites for hydroxylation is 2. The smallest absolute Gasteiger partial charge is 0.367 e. The molecule has 1 N–H and O–H groups in total. The van der Waals surface area contributed by atoms with Gasteiger partial charge in [0.1, 0.15) is 10.6 Å². The third kappa shape index (κ3) is 6.08. The minimum Gasteiger partial charge on any atom is -0.367 e. The zero-order chi connectivity index (χ0) is 29.4. The summed E-state index contributed by atoms with van der Waals surface area (Å²) < 4.78 is 69.5. The second kappa shape index (κ2) is 11.7. The Bertz CT molecular complexity index is 1440. The summed E-state index contributed by atoms with van der Waals surface area (Å²) >= 11 is 3.43. The van der Waals surface area contributed by atoms with Gasteiger partial charge in [0, 0.05) is 42.3 Å². The number of benzene rings is 2. The first-order valence-electron chi connectivity index (χ1n) is 14.2. The van der Waals surface area contributed by atoms with Gasteiger partial charge in [-0.15, -0.1) is 0 Å². The number of nitrogens with one attached hydrogen (secondary N) is 1. The molecule has 2 aromatic carbocycles. The van der Waals surface area contributed by atoms with Crippen LogP contribution in [0.15, 0.2) is 64.0 Å². The lowest BCUT2D eigenvalue weighted by Gasteiger charge is -2.45. The third-order valence-electron chi connectivity index (χ3n) is 8.74. The summed E-state index contributed by atoms with van der Waals surface area (Å²) in [4.78, 5) is 2.41. The largest absolute Gasteiger partial charge is 0.416 e. The van der Waals surface area contributed by atoms with Gasteiger partial charge in [-0.2, -0.15) is 18.3 Å². The van der Waals surface area contributed by atoms with Crippen LogP contribution in [0, 0.1) is 6.92 Å². The van der Waals surface area contributed by atoms with Gasteiger partial charge in [0.25, 0.3) is 0 Å². The molecule has 2 aliphatic rings. The summed E-state index contributed by atoms with van der Waals surface area (Å²) in [5.41, 5.74) is 0.823. The summed E-state index contributed by atoms with van der Waals surface area (Å²) in [6.07, 6.45) is -0.307. The average molecular weight is 654 g/mol. The van der Waals surface area contributed by atoms with Crippen LogP contribution in [0.2, 0.25) is 0 Å². The zero-order valence-corrected chi connectivity index (χ0v) is 25.7. The normalized spacial score (nSPS) is 23.0. The topological polar surface area (TPSA) is 67.2 Å². The highest BCUT2D eigenvalue weighted by atomic mass is 79.9. The number of nitrogens with zero attached hydrogens (tertiary/aromatic N) is 3. The summed E-state index contributed by atoms with van der Waals surface area (Å²) in [5.74, 6) is 1.05. The monoisotopic (exact) mass is 652 g/mol. The SMILES string of the molecule is CCn1nc(C)cc1NC1CCN(C2CCC(c3ccc(Br)cc3)(S(=O)(=O)c3ccc(C(F)(F)F)cc3)CC2)CC1. The van der Waals surface area contributed by atoms with Crippen LogP contribution in [0.5, 0.6) is 0 Å². The van der Waals surface area contributed by atoms with Crippen LogP contribution in [0.3, 0.4) is 0 Å². The van der Waals surface area contributed by atoms with Crippen molar-refractivity contribution >= 4 is 31.6 Å². The number of piperidine rings is 1. The fourth-order valence-corrected chi connectivity index (χ4v) is 8.90. The van der Waals surface area contributed by atoms with Gasteiger partial charge >= 0.3 is 6.18 Å². The van der Waals surface area contributed by atoms with Gasteiger partial charge in [-0.25, -0.2) is 13.1 Å². The molecule has 1 aliphatic carbocycles. The van der Waals surface area contributed by atoms with Crippen molar-refractivity contribution < 1.29 is 21.6 Å². The van der Waals surface area contributed by atoms with E-state index in [1.165, 1.54) is 0 Å². The number of aromatic nitrogens is 2. The Kier molecular flexibility index (Phi) is 8.61. The van der Waals surface area contributed by atoms with Crippen LogP contribution in [0.1, 0.15) is 62.3 Å². The van der Waals surface area contributed by atoms with E-state index >= 15 is 0 Å². The fourth-order valence-electron chi connectivity index (χ4n) is 6.47. The van der Waals surface area contributed by atoms with E-state index in [2.05, 4.69) is 44.2 Å². The molecular weight excluding hydrogens is 617 g/mol. The first kappa shape index (κ1) is 30.1. The molecule has 3 aromatic rings. The van der Waals surface area contributed by atoms with Crippen molar-refractivity contribution in [2.45, 2.75) is 86.8 Å². The molecule has 1 saturated carbocycles. The first-order valence-corrected chi connectivity index (χ1v) is 16.4. The summed E-state index contributed by atoms with van der Waals surface area (Å²) in [6.45, 7) is 6.74. The standard InChI is InChI=1S/C30H36BrF3N4O2S/c1-3-38-28(20-21(2)36-38)35-25-14-18-37(19-15-25)26-12-16-29(17-13-26,22-4-8-24(31)9-5-22)41(39,40)27-10-6-23(7-11-27)30(32,33)34/h4-11,20,25-26,35H,3,12-19H2,1-2H3. The Labute approximate surface area is 248 Å². The molecule has 0 spiro atoms. The van der Waals surface area contributed by atoms with E-state index in [1.54, 1.807) is 0 Å². The number of rotatable bonds is 7. The maximum atomic E-state index is 14.2. The summed E-state index contributed by atoms with van der Waals surface area (Å²) in [5, 5.41) is 8.18. The minimum absolute atomic E-state index is 0.0692. The van der Waals surface area contributed by atoms with E-state index in [9.17, 15) is 21.6 Å². The van der Waals surface area contributed by atoms with Crippen LogP contribution < -0.4 is 5.32 Å². The molecule has 0 bridgehead atoms. The number of alkyl halides is 3. The fraction of sp³-hybridized carbons (Fsp3) is 0.500. The van der Waals surface area contributed by atoms with Crippen molar-refractivity contribution in [2.75, 3.05) is 18.4 Å². The zero-order valence-electron chi connectivity index (χ0n) is 23.3. The van der Waals surface area contributed by atoms with Crippen molar-refractivity contribution in [3.8, 4) is 0 Å². The quantitative estimate of drug-likeness (QED) is 0.293. The molecule has 222 valence electrons. The number of sulfone groups is 1. The predicted molar refractivity (Wildman–Crippen MR) is 158 cm³/mol. The molecule has 1 aliphatic heterocycles. The Morgan fingerprint density at radius 1 is 1.00 bits per heavy atom. The lowest BCUT2D eigenvalue weighted by molar-refractivity contribution is -0.137. The van der Waals surface area contributed by atoms with Crippen LogP contribution >= 0.6 is 15.9 Å². The van der Waals surface area contributed by atoms with Crippen molar-refractivity contribution in [3.05, 3.63) is 75.9 Å². The molecule has 5 rings (SSSR count). The van der Waals surface area contributed by atoms with Crippen molar-refractivity contribution in [1.29, 1.82) is 0 Å². The van der Waals surface area contributed by atoms with Crippen molar-refractivity contribution in [1.82, 2.24) is 14.7 Å². The molecule has 41 heavy (non-hydrogen) atoms. The molecule has 2 fully saturated rings. The molecular formula is C30H36BrF3N4O2S. The molecule has 6 nitrogen and oxygen atoms in total. The second-order valence-electron chi connectivity index (χ2n) is 11.2. The molecule has 0 atom stereocenters. The van der Waals surface area contributed by atoms with E-state index in [4.69, 9.17) is 0 Å². The number of anilines is 1. The maximum Gasteiger partial charge on any atom is 0.416 e. The first-order chi connectivity index (χ1) is 19.4. The molecule has 11 heteroatoms. The highest BCUT2D eigenvalue weighted by molar-refractivity contribution is 9.10. The van der Waals surface area contributed by atoms with E-state index < -0.39 is 26.3 Å². The van der Waals surface area contributed by atoms with E-state index in [1.807, 2.05) is 35.9 Å². The Morgan fingerprint density at radius 2 is 1.61 bits per heavy atom. The minimum atomic E-state index is -4.52. The van der Waals surface area contributed by atoms with Gasteiger partial charge in [0.05, 0.1) is 16.2 Å². The van der Waals surface area contributed by atoms with Crippen LogP contribution in [-0.2, 0) is 27.3 Å². The van der Waals surface area contributed by atoms with Crippen LogP contribution in [0.4, 0.5) is 19.0 Å². The van der Waals surface area contributed by atoms with Gasteiger partial charge in [0.2, 0.25) is 0 Å². The molecule has 1 saturated heterocycles. The molecule has 0 amide bonds. The number of hydrogen-bond acceptors (Lipinski definition) is 5. The van der Waals surface area contributed by atoms with E-state index in [0.29, 0.717) is 37.3 Å². The Balaban J connectivity index is 1.31. The van der Waals surface area contributed by atoms with Crippen LogP contribution in [-0.4, -0.2) is 48.3 Å². The lowest BCUT2D eigenvalue weighted by atomic mass is 9.80. The lowest BCUT2D eigenvalue weighted by Crippen LogP contribution is -2.49. The third-order valence-corrected chi connectivity index (χ3v) is 11.8. The Hall–Kier alpha value is -2.37. The van der Waals surface area contributed by atoms with E-state index in [-0.39, 0.29) is 10.9 Å². The average Bonchev–Trinajstić information content (AvgIpc) is 3.32. The number of hydrogen-bond donors (Lipinski definition) is 1. The van der Waals surface area contributed by atoms with Gasteiger partial charge in [-0.1, -0.05) is 28.1 Å². The van der Waals surface area contributed by atoms with Gasteiger partial charge < -0.3 is 10.2 Å². The van der Waals surface area contributed by atoms with Crippen LogP contribution in [0.25, 0.3) is 0 Å².